The summed E-state index contributed by atoms with van der Waals surface area (Å²) < 4.78 is 0.981. The van der Waals surface area contributed by atoms with Gasteiger partial charge in [-0.2, -0.15) is 0 Å². The van der Waals surface area contributed by atoms with Crippen molar-refractivity contribution in [1.82, 2.24) is 9.97 Å². The molecule has 0 radical (unpaired) electrons. The van der Waals surface area contributed by atoms with Crippen molar-refractivity contribution in [2.45, 2.75) is 13.0 Å². The van der Waals surface area contributed by atoms with E-state index >= 15 is 0 Å². The lowest BCUT2D eigenvalue weighted by molar-refractivity contribution is 0.208. The van der Waals surface area contributed by atoms with Crippen LogP contribution in [0.5, 0.6) is 0 Å². The van der Waals surface area contributed by atoms with Crippen LogP contribution in [0.1, 0.15) is 6.92 Å². The van der Waals surface area contributed by atoms with E-state index in [1.54, 1.807) is 6.92 Å². The van der Waals surface area contributed by atoms with Gasteiger partial charge >= 0.3 is 0 Å². The molecule has 0 fully saturated rings. The fourth-order valence-corrected chi connectivity index (χ4v) is 1.78. The third kappa shape index (κ3) is 2.48. The number of aliphatic hydroxyl groups is 1. The van der Waals surface area contributed by atoms with Crippen LogP contribution >= 0.6 is 15.9 Å². The van der Waals surface area contributed by atoms with Crippen molar-refractivity contribution in [2.75, 3.05) is 11.9 Å². The number of nitrogens with zero attached hydrogens (tertiary/aromatic N) is 2. The zero-order chi connectivity index (χ0) is 11.5. The molecule has 4 nitrogen and oxygen atoms in total. The van der Waals surface area contributed by atoms with Crippen LogP contribution in [0.2, 0.25) is 0 Å². The minimum absolute atomic E-state index is 0.405. The maximum Gasteiger partial charge on any atom is 0.137 e. The summed E-state index contributed by atoms with van der Waals surface area (Å²) in [5.74, 6) is 0.743. The lowest BCUT2D eigenvalue weighted by atomic mass is 10.2. The number of hydrogen-bond donors (Lipinski definition) is 2. The number of halogens is 1. The smallest absolute Gasteiger partial charge is 0.137 e. The van der Waals surface area contributed by atoms with Gasteiger partial charge in [0.1, 0.15) is 12.1 Å². The fraction of sp³-hybridized carbons (Fsp3) is 0.273. The van der Waals surface area contributed by atoms with Crippen LogP contribution in [-0.4, -0.2) is 27.7 Å². The molecule has 1 atom stereocenters. The average Bonchev–Trinajstić information content (AvgIpc) is 2.26. The molecule has 16 heavy (non-hydrogen) atoms. The van der Waals surface area contributed by atoms with Crippen molar-refractivity contribution >= 4 is 32.7 Å². The van der Waals surface area contributed by atoms with Gasteiger partial charge in [0.25, 0.3) is 0 Å². The molecule has 0 amide bonds. The first kappa shape index (κ1) is 11.3. The highest BCUT2D eigenvalue weighted by Crippen LogP contribution is 2.23. The lowest BCUT2D eigenvalue weighted by Gasteiger charge is -2.09. The van der Waals surface area contributed by atoms with Crippen molar-refractivity contribution in [3.63, 3.8) is 0 Å². The minimum Gasteiger partial charge on any atom is -0.392 e. The van der Waals surface area contributed by atoms with Gasteiger partial charge in [-0.05, 0) is 25.1 Å². The molecule has 0 aliphatic heterocycles. The van der Waals surface area contributed by atoms with E-state index in [-0.39, 0.29) is 0 Å². The highest BCUT2D eigenvalue weighted by molar-refractivity contribution is 9.10. The molecule has 1 aromatic heterocycles. The molecule has 0 aliphatic rings. The standard InChI is InChI=1S/C11H12BrN3O/c1-7(16)5-13-11-9-4-8(12)2-3-10(9)14-6-15-11/h2-4,6-7,16H,5H2,1H3,(H,13,14,15)/t7-/m1/s1. The van der Waals surface area contributed by atoms with Gasteiger partial charge in [-0.15, -0.1) is 0 Å². The second kappa shape index (κ2) is 4.76. The van der Waals surface area contributed by atoms with E-state index in [1.165, 1.54) is 6.33 Å². The second-order valence-corrected chi connectivity index (χ2v) is 4.53. The maximum absolute atomic E-state index is 9.23. The molecule has 0 aliphatic carbocycles. The molecule has 5 heteroatoms. The van der Waals surface area contributed by atoms with E-state index in [4.69, 9.17) is 0 Å². The molecule has 2 N–H and O–H groups in total. The Kier molecular flexibility index (Phi) is 3.36. The number of hydrogen-bond acceptors (Lipinski definition) is 4. The van der Waals surface area contributed by atoms with Gasteiger partial charge in [-0.3, -0.25) is 0 Å². The van der Waals surface area contributed by atoms with E-state index in [1.807, 2.05) is 18.2 Å². The van der Waals surface area contributed by atoms with Gasteiger partial charge in [0, 0.05) is 16.4 Å². The molecule has 0 unspecified atom stereocenters. The summed E-state index contributed by atoms with van der Waals surface area (Å²) in [6.45, 7) is 2.20. The number of fused-ring (bicyclic) bond motifs is 1. The third-order valence-corrected chi connectivity index (χ3v) is 2.66. The van der Waals surface area contributed by atoms with E-state index in [2.05, 4.69) is 31.2 Å². The highest BCUT2D eigenvalue weighted by Gasteiger charge is 2.04. The lowest BCUT2D eigenvalue weighted by Crippen LogP contribution is -2.16. The Balaban J connectivity index is 2.40. The second-order valence-electron chi connectivity index (χ2n) is 3.61. The number of aromatic nitrogens is 2. The first-order valence-electron chi connectivity index (χ1n) is 4.99. The Labute approximate surface area is 102 Å². The molecule has 0 bridgehead atoms. The summed E-state index contributed by atoms with van der Waals surface area (Å²) in [5, 5.41) is 13.3. The predicted molar refractivity (Wildman–Crippen MR) is 67.4 cm³/mol. The molecule has 0 saturated heterocycles. The summed E-state index contributed by atoms with van der Waals surface area (Å²) in [6, 6.07) is 5.82. The Morgan fingerprint density at radius 2 is 2.25 bits per heavy atom. The minimum atomic E-state index is -0.405. The predicted octanol–water partition coefficient (Wildman–Crippen LogP) is 2.18. The van der Waals surface area contributed by atoms with Gasteiger partial charge in [0.15, 0.2) is 0 Å². The van der Waals surface area contributed by atoms with Crippen LogP contribution in [0.3, 0.4) is 0 Å². The molecule has 2 rings (SSSR count). The maximum atomic E-state index is 9.23. The molecule has 1 aromatic carbocycles. The van der Waals surface area contributed by atoms with Gasteiger partial charge < -0.3 is 10.4 Å². The van der Waals surface area contributed by atoms with Crippen LogP contribution in [0.4, 0.5) is 5.82 Å². The summed E-state index contributed by atoms with van der Waals surface area (Å²) in [6.07, 6.45) is 1.11. The monoisotopic (exact) mass is 281 g/mol. The third-order valence-electron chi connectivity index (χ3n) is 2.16. The molecule has 84 valence electrons. The summed E-state index contributed by atoms with van der Waals surface area (Å²) in [5.41, 5.74) is 0.881. The topological polar surface area (TPSA) is 58.0 Å². The van der Waals surface area contributed by atoms with E-state index in [9.17, 15) is 5.11 Å². The van der Waals surface area contributed by atoms with Gasteiger partial charge in [0.2, 0.25) is 0 Å². The van der Waals surface area contributed by atoms with Crippen molar-refractivity contribution < 1.29 is 5.11 Å². The Hall–Kier alpha value is -1.20. The highest BCUT2D eigenvalue weighted by atomic mass is 79.9. The first-order valence-corrected chi connectivity index (χ1v) is 5.78. The molecule has 2 aromatic rings. The van der Waals surface area contributed by atoms with E-state index in [0.29, 0.717) is 6.54 Å². The molecular formula is C11H12BrN3O. The SMILES string of the molecule is C[C@@H](O)CNc1ncnc2ccc(Br)cc12. The van der Waals surface area contributed by atoms with Gasteiger partial charge in [-0.1, -0.05) is 15.9 Å². The zero-order valence-corrected chi connectivity index (χ0v) is 10.4. The number of anilines is 1. The number of nitrogens with one attached hydrogen (secondary N) is 1. The van der Waals surface area contributed by atoms with Gasteiger partial charge in [0.05, 0.1) is 11.6 Å². The summed E-state index contributed by atoms with van der Waals surface area (Å²) in [4.78, 5) is 8.34. The van der Waals surface area contributed by atoms with Crippen molar-refractivity contribution in [3.05, 3.63) is 29.0 Å². The summed E-state index contributed by atoms with van der Waals surface area (Å²) >= 11 is 3.41. The number of aliphatic hydroxyl groups excluding tert-OH is 1. The van der Waals surface area contributed by atoms with Crippen LogP contribution < -0.4 is 5.32 Å². The fourth-order valence-electron chi connectivity index (χ4n) is 1.41. The Bertz CT molecular complexity index is 502. The molecule has 0 saturated carbocycles. The van der Waals surface area contributed by atoms with Gasteiger partial charge in [-0.25, -0.2) is 9.97 Å². The van der Waals surface area contributed by atoms with E-state index in [0.717, 1.165) is 21.2 Å². The average molecular weight is 282 g/mol. The zero-order valence-electron chi connectivity index (χ0n) is 8.81. The van der Waals surface area contributed by atoms with Crippen molar-refractivity contribution in [2.24, 2.45) is 0 Å². The Morgan fingerprint density at radius 1 is 1.44 bits per heavy atom. The number of rotatable bonds is 3. The van der Waals surface area contributed by atoms with Crippen LogP contribution in [-0.2, 0) is 0 Å². The first-order chi connectivity index (χ1) is 7.66. The molecular weight excluding hydrogens is 270 g/mol. The quantitative estimate of drug-likeness (QED) is 0.906. The van der Waals surface area contributed by atoms with Crippen molar-refractivity contribution in [1.29, 1.82) is 0 Å². The normalized spacial score (nSPS) is 12.7. The van der Waals surface area contributed by atoms with Crippen LogP contribution in [0, 0.1) is 0 Å². The number of benzene rings is 1. The molecule has 0 spiro atoms. The van der Waals surface area contributed by atoms with Crippen LogP contribution in [0.25, 0.3) is 10.9 Å². The summed E-state index contributed by atoms with van der Waals surface area (Å²) in [7, 11) is 0. The largest absolute Gasteiger partial charge is 0.392 e. The Morgan fingerprint density at radius 3 is 3.00 bits per heavy atom. The van der Waals surface area contributed by atoms with Crippen molar-refractivity contribution in [3.8, 4) is 0 Å². The molecule has 1 heterocycles. The van der Waals surface area contributed by atoms with Crippen LogP contribution in [0.15, 0.2) is 29.0 Å². The van der Waals surface area contributed by atoms with E-state index < -0.39 is 6.10 Å².